The van der Waals surface area contributed by atoms with E-state index in [-0.39, 0.29) is 18.1 Å². The van der Waals surface area contributed by atoms with Gasteiger partial charge in [-0.25, -0.2) is 4.39 Å². The van der Waals surface area contributed by atoms with Crippen LogP contribution in [0.5, 0.6) is 0 Å². The van der Waals surface area contributed by atoms with Crippen LogP contribution in [0.3, 0.4) is 0 Å². The van der Waals surface area contributed by atoms with E-state index in [9.17, 15) is 4.39 Å². The highest BCUT2D eigenvalue weighted by Gasteiger charge is 2.24. The van der Waals surface area contributed by atoms with Gasteiger partial charge in [0.25, 0.3) is 0 Å². The van der Waals surface area contributed by atoms with Gasteiger partial charge in [0.05, 0.1) is 6.04 Å². The fourth-order valence-electron chi connectivity index (χ4n) is 1.22. The van der Waals surface area contributed by atoms with Gasteiger partial charge in [-0.1, -0.05) is 39.0 Å². The van der Waals surface area contributed by atoms with Gasteiger partial charge in [-0.15, -0.1) is 0 Å². The Morgan fingerprint density at radius 2 is 1.79 bits per heavy atom. The molecule has 78 valence electrons. The number of nitrogens with one attached hydrogen (secondary N) is 1. The van der Waals surface area contributed by atoms with E-state index in [4.69, 9.17) is 0 Å². The molecule has 0 radical (unpaired) electrons. The van der Waals surface area contributed by atoms with E-state index in [0.29, 0.717) is 0 Å². The summed E-state index contributed by atoms with van der Waals surface area (Å²) in [6.45, 7) is 5.76. The van der Waals surface area contributed by atoms with Crippen molar-refractivity contribution < 1.29 is 4.39 Å². The van der Waals surface area contributed by atoms with Gasteiger partial charge < -0.3 is 5.32 Å². The van der Waals surface area contributed by atoms with E-state index < -0.39 is 0 Å². The molecular weight excluding hydrogens is 177 g/mol. The van der Waals surface area contributed by atoms with E-state index in [1.807, 2.05) is 51.1 Å². The zero-order valence-electron chi connectivity index (χ0n) is 9.05. The Bertz CT molecular complexity index is 263. The fourth-order valence-corrected chi connectivity index (χ4v) is 1.22. The maximum atomic E-state index is 12.8. The lowest BCUT2D eigenvalue weighted by molar-refractivity contribution is 0.282. The van der Waals surface area contributed by atoms with Gasteiger partial charge in [-0.05, 0) is 17.5 Å². The van der Waals surface area contributed by atoms with Crippen molar-refractivity contribution in [1.29, 1.82) is 0 Å². The summed E-state index contributed by atoms with van der Waals surface area (Å²) in [6, 6.07) is 9.61. The van der Waals surface area contributed by atoms with Crippen molar-refractivity contribution in [3.63, 3.8) is 0 Å². The van der Waals surface area contributed by atoms with Gasteiger partial charge in [0, 0.05) is 5.69 Å². The first-order valence-electron chi connectivity index (χ1n) is 4.91. The molecule has 0 fully saturated rings. The molecule has 0 saturated heterocycles. The highest BCUT2D eigenvalue weighted by Crippen LogP contribution is 2.23. The number of rotatable bonds is 3. The van der Waals surface area contributed by atoms with Crippen LogP contribution in [-0.2, 0) is 0 Å². The zero-order chi connectivity index (χ0) is 10.6. The Hall–Kier alpha value is -1.05. The first-order valence-corrected chi connectivity index (χ1v) is 4.91. The van der Waals surface area contributed by atoms with Gasteiger partial charge >= 0.3 is 0 Å². The molecule has 0 aromatic heterocycles. The average Bonchev–Trinajstić information content (AvgIpc) is 2.14. The number of para-hydroxylation sites is 1. The third-order valence-corrected chi connectivity index (χ3v) is 2.31. The standard InChI is InChI=1S/C12H18FN/c1-12(2,3)11(9-13)14-10-7-5-4-6-8-10/h4-8,11,14H,9H2,1-3H3. The third-order valence-electron chi connectivity index (χ3n) is 2.31. The average molecular weight is 195 g/mol. The number of benzene rings is 1. The summed E-state index contributed by atoms with van der Waals surface area (Å²) in [6.07, 6.45) is 0. The first-order chi connectivity index (χ1) is 6.54. The van der Waals surface area contributed by atoms with Crippen LogP contribution in [0.25, 0.3) is 0 Å². The molecular formula is C12H18FN. The summed E-state index contributed by atoms with van der Waals surface area (Å²) in [5.74, 6) is 0. The Morgan fingerprint density at radius 1 is 1.21 bits per heavy atom. The van der Waals surface area contributed by atoms with Crippen molar-refractivity contribution in [1.82, 2.24) is 0 Å². The van der Waals surface area contributed by atoms with Gasteiger partial charge in [0.2, 0.25) is 0 Å². The van der Waals surface area contributed by atoms with Crippen molar-refractivity contribution in [2.45, 2.75) is 26.8 Å². The second kappa shape index (κ2) is 4.45. The zero-order valence-corrected chi connectivity index (χ0v) is 9.05. The lowest BCUT2D eigenvalue weighted by Crippen LogP contribution is -2.35. The van der Waals surface area contributed by atoms with Crippen molar-refractivity contribution in [3.05, 3.63) is 30.3 Å². The minimum atomic E-state index is -0.349. The summed E-state index contributed by atoms with van der Waals surface area (Å²) in [7, 11) is 0. The van der Waals surface area contributed by atoms with Gasteiger partial charge in [-0.3, -0.25) is 0 Å². The maximum absolute atomic E-state index is 12.8. The minimum absolute atomic E-state index is 0.0649. The first kappa shape index (κ1) is 11.0. The Morgan fingerprint density at radius 3 is 2.21 bits per heavy atom. The monoisotopic (exact) mass is 195 g/mol. The van der Waals surface area contributed by atoms with E-state index in [1.165, 1.54) is 0 Å². The molecule has 1 unspecified atom stereocenters. The van der Waals surface area contributed by atoms with Gasteiger partial charge in [-0.2, -0.15) is 0 Å². The summed E-state index contributed by atoms with van der Waals surface area (Å²) in [4.78, 5) is 0. The van der Waals surface area contributed by atoms with Crippen LogP contribution in [-0.4, -0.2) is 12.7 Å². The van der Waals surface area contributed by atoms with Gasteiger partial charge in [0.15, 0.2) is 0 Å². The highest BCUT2D eigenvalue weighted by atomic mass is 19.1. The van der Waals surface area contributed by atoms with Crippen molar-refractivity contribution in [2.24, 2.45) is 5.41 Å². The van der Waals surface area contributed by atoms with Crippen LogP contribution in [0.4, 0.5) is 10.1 Å². The second-order valence-corrected chi connectivity index (χ2v) is 4.58. The molecule has 0 aliphatic carbocycles. The minimum Gasteiger partial charge on any atom is -0.379 e. The van der Waals surface area contributed by atoms with E-state index >= 15 is 0 Å². The third kappa shape index (κ3) is 3.02. The van der Waals surface area contributed by atoms with Crippen molar-refractivity contribution >= 4 is 5.69 Å². The number of anilines is 1. The molecule has 14 heavy (non-hydrogen) atoms. The molecule has 0 aliphatic rings. The maximum Gasteiger partial charge on any atom is 0.110 e. The second-order valence-electron chi connectivity index (χ2n) is 4.58. The molecule has 0 heterocycles. The topological polar surface area (TPSA) is 12.0 Å². The summed E-state index contributed by atoms with van der Waals surface area (Å²) < 4.78 is 12.8. The predicted molar refractivity (Wildman–Crippen MR) is 59.3 cm³/mol. The molecule has 1 N–H and O–H groups in total. The smallest absolute Gasteiger partial charge is 0.110 e. The number of hydrogen-bond acceptors (Lipinski definition) is 1. The lowest BCUT2D eigenvalue weighted by atomic mass is 9.87. The van der Waals surface area contributed by atoms with Crippen LogP contribution >= 0.6 is 0 Å². The largest absolute Gasteiger partial charge is 0.379 e. The molecule has 2 heteroatoms. The van der Waals surface area contributed by atoms with E-state index in [2.05, 4.69) is 5.32 Å². The number of alkyl halides is 1. The summed E-state index contributed by atoms with van der Waals surface area (Å²) in [5, 5.41) is 3.19. The van der Waals surface area contributed by atoms with Gasteiger partial charge in [0.1, 0.15) is 6.67 Å². The molecule has 0 bridgehead atoms. The molecule has 1 aromatic carbocycles. The Balaban J connectivity index is 2.67. The lowest BCUT2D eigenvalue weighted by Gasteiger charge is -2.30. The quantitative estimate of drug-likeness (QED) is 0.778. The number of hydrogen-bond donors (Lipinski definition) is 1. The Labute approximate surface area is 85.3 Å². The predicted octanol–water partition coefficient (Wildman–Crippen LogP) is 3.48. The van der Waals surface area contributed by atoms with Crippen molar-refractivity contribution in [2.75, 3.05) is 12.0 Å². The molecule has 0 aliphatic heterocycles. The Kier molecular flexibility index (Phi) is 3.50. The molecule has 1 nitrogen and oxygen atoms in total. The van der Waals surface area contributed by atoms with Crippen LogP contribution in [0, 0.1) is 5.41 Å². The van der Waals surface area contributed by atoms with E-state index in [0.717, 1.165) is 5.69 Å². The van der Waals surface area contributed by atoms with Crippen LogP contribution in [0.1, 0.15) is 20.8 Å². The normalized spacial score (nSPS) is 13.7. The molecule has 1 aromatic rings. The fraction of sp³-hybridized carbons (Fsp3) is 0.500. The molecule has 1 rings (SSSR count). The highest BCUT2D eigenvalue weighted by molar-refractivity contribution is 5.43. The van der Waals surface area contributed by atoms with E-state index in [1.54, 1.807) is 0 Å². The molecule has 0 saturated carbocycles. The van der Waals surface area contributed by atoms with Crippen LogP contribution in [0.15, 0.2) is 30.3 Å². The molecule has 0 amide bonds. The summed E-state index contributed by atoms with van der Waals surface area (Å²) >= 11 is 0. The summed E-state index contributed by atoms with van der Waals surface area (Å²) in [5.41, 5.74) is 0.912. The van der Waals surface area contributed by atoms with Crippen LogP contribution < -0.4 is 5.32 Å². The molecule has 1 atom stereocenters. The van der Waals surface area contributed by atoms with Crippen molar-refractivity contribution in [3.8, 4) is 0 Å². The SMILES string of the molecule is CC(C)(C)C(CF)Nc1ccccc1. The number of halogens is 1. The molecule has 0 spiro atoms. The van der Waals surface area contributed by atoms with Crippen LogP contribution in [0.2, 0.25) is 0 Å².